The van der Waals surface area contributed by atoms with Crippen LogP contribution in [-0.2, 0) is 17.6 Å². The summed E-state index contributed by atoms with van der Waals surface area (Å²) in [6, 6.07) is 22.9. The summed E-state index contributed by atoms with van der Waals surface area (Å²) < 4.78 is 21.7. The number of amides is 1. The third kappa shape index (κ3) is 5.69. The van der Waals surface area contributed by atoms with Crippen LogP contribution in [0.2, 0.25) is 0 Å². The smallest absolute Gasteiger partial charge is 0.258 e. The third-order valence-corrected chi connectivity index (χ3v) is 5.04. The molecule has 3 aromatic rings. The fourth-order valence-corrected chi connectivity index (χ4v) is 3.51. The zero-order chi connectivity index (χ0) is 21.5. The molecule has 0 radical (unpaired) electrons. The standard InChI is InChI=1S/C25H25NO5/c1-28-21-10-7-18(8-11-21)13-20(14-19-9-12-23-24(15-19)31-17-30-23)26-25(27)16-29-22-5-3-2-4-6-22/h2-12,15,20H,13-14,16-17H2,1H3,(H,26,27)/t20-/m0/s1. The second-order valence-electron chi connectivity index (χ2n) is 7.31. The minimum absolute atomic E-state index is 0.0374. The summed E-state index contributed by atoms with van der Waals surface area (Å²) in [7, 11) is 1.64. The maximum Gasteiger partial charge on any atom is 0.258 e. The van der Waals surface area contributed by atoms with Gasteiger partial charge in [0.25, 0.3) is 5.91 Å². The van der Waals surface area contributed by atoms with Gasteiger partial charge >= 0.3 is 0 Å². The van der Waals surface area contributed by atoms with Gasteiger partial charge in [0.15, 0.2) is 18.1 Å². The van der Waals surface area contributed by atoms with Crippen LogP contribution in [0.25, 0.3) is 0 Å². The van der Waals surface area contributed by atoms with Crippen LogP contribution in [0.4, 0.5) is 0 Å². The van der Waals surface area contributed by atoms with E-state index in [1.54, 1.807) is 7.11 Å². The predicted molar refractivity (Wildman–Crippen MR) is 117 cm³/mol. The normalized spacial score (nSPS) is 12.8. The van der Waals surface area contributed by atoms with Crippen LogP contribution in [0.5, 0.6) is 23.0 Å². The van der Waals surface area contributed by atoms with Gasteiger partial charge in [-0.3, -0.25) is 4.79 Å². The zero-order valence-electron chi connectivity index (χ0n) is 17.4. The Hall–Kier alpha value is -3.67. The molecule has 6 nitrogen and oxygen atoms in total. The summed E-state index contributed by atoms with van der Waals surface area (Å²) in [6.45, 7) is 0.200. The van der Waals surface area contributed by atoms with E-state index in [0.717, 1.165) is 28.4 Å². The summed E-state index contributed by atoms with van der Waals surface area (Å²) in [5, 5.41) is 3.11. The number of hydrogen-bond donors (Lipinski definition) is 1. The molecule has 0 unspecified atom stereocenters. The van der Waals surface area contributed by atoms with Crippen LogP contribution < -0.4 is 24.3 Å². The second kappa shape index (κ2) is 9.89. The van der Waals surface area contributed by atoms with Crippen LogP contribution in [0.3, 0.4) is 0 Å². The highest BCUT2D eigenvalue weighted by Crippen LogP contribution is 2.33. The van der Waals surface area contributed by atoms with Crippen molar-refractivity contribution in [1.29, 1.82) is 0 Å². The molecule has 0 fully saturated rings. The average Bonchev–Trinajstić information content (AvgIpc) is 3.27. The molecule has 31 heavy (non-hydrogen) atoms. The van der Waals surface area contributed by atoms with Crippen molar-refractivity contribution < 1.29 is 23.7 Å². The lowest BCUT2D eigenvalue weighted by Gasteiger charge is -2.20. The van der Waals surface area contributed by atoms with E-state index >= 15 is 0 Å². The molecule has 0 saturated carbocycles. The molecule has 3 aromatic carbocycles. The highest BCUT2D eigenvalue weighted by Gasteiger charge is 2.18. The second-order valence-corrected chi connectivity index (χ2v) is 7.31. The summed E-state index contributed by atoms with van der Waals surface area (Å²) >= 11 is 0. The van der Waals surface area contributed by atoms with Crippen molar-refractivity contribution in [2.75, 3.05) is 20.5 Å². The fraction of sp³-hybridized carbons (Fsp3) is 0.240. The molecule has 1 aliphatic heterocycles. The molecular formula is C25H25NO5. The predicted octanol–water partition coefficient (Wildman–Crippen LogP) is 3.77. The van der Waals surface area contributed by atoms with Gasteiger partial charge < -0.3 is 24.3 Å². The number of para-hydroxylation sites is 1. The third-order valence-electron chi connectivity index (χ3n) is 5.04. The van der Waals surface area contributed by atoms with Crippen molar-refractivity contribution >= 4 is 5.91 Å². The van der Waals surface area contributed by atoms with Crippen molar-refractivity contribution in [1.82, 2.24) is 5.32 Å². The molecule has 6 heteroatoms. The van der Waals surface area contributed by atoms with Crippen LogP contribution >= 0.6 is 0 Å². The van der Waals surface area contributed by atoms with Crippen LogP contribution in [-0.4, -0.2) is 32.5 Å². The van der Waals surface area contributed by atoms with Crippen LogP contribution in [0.15, 0.2) is 72.8 Å². The quantitative estimate of drug-likeness (QED) is 0.572. The van der Waals surface area contributed by atoms with Gasteiger partial charge in [-0.05, 0) is 60.4 Å². The number of ether oxygens (including phenoxy) is 4. The van der Waals surface area contributed by atoms with Gasteiger partial charge in [-0.15, -0.1) is 0 Å². The average molecular weight is 419 g/mol. The van der Waals surface area contributed by atoms with E-state index in [9.17, 15) is 4.79 Å². The minimum atomic E-state index is -0.164. The van der Waals surface area contributed by atoms with E-state index in [-0.39, 0.29) is 25.3 Å². The first-order chi connectivity index (χ1) is 15.2. The Morgan fingerprint density at radius 1 is 0.903 bits per heavy atom. The van der Waals surface area contributed by atoms with Gasteiger partial charge in [-0.25, -0.2) is 0 Å². The number of carbonyl (C=O) groups is 1. The number of carbonyl (C=O) groups excluding carboxylic acids is 1. The monoisotopic (exact) mass is 419 g/mol. The first kappa shape index (κ1) is 20.6. The largest absolute Gasteiger partial charge is 0.497 e. The Labute approximate surface area is 181 Å². The molecule has 0 spiro atoms. The van der Waals surface area contributed by atoms with Crippen molar-refractivity contribution in [3.05, 3.63) is 83.9 Å². The summed E-state index contributed by atoms with van der Waals surface area (Å²) in [5.41, 5.74) is 2.17. The number of fused-ring (bicyclic) bond motifs is 1. The first-order valence-corrected chi connectivity index (χ1v) is 10.2. The number of rotatable bonds is 9. The lowest BCUT2D eigenvalue weighted by molar-refractivity contribution is -0.123. The highest BCUT2D eigenvalue weighted by atomic mass is 16.7. The number of hydrogen-bond acceptors (Lipinski definition) is 5. The Kier molecular flexibility index (Phi) is 6.57. The number of methoxy groups -OCH3 is 1. The Balaban J connectivity index is 1.43. The molecule has 0 aliphatic carbocycles. The van der Waals surface area contributed by atoms with Gasteiger partial charge in [0.2, 0.25) is 6.79 Å². The number of benzene rings is 3. The first-order valence-electron chi connectivity index (χ1n) is 10.2. The maximum atomic E-state index is 12.6. The summed E-state index contributed by atoms with van der Waals surface area (Å²) in [4.78, 5) is 12.6. The van der Waals surface area contributed by atoms with Gasteiger partial charge in [-0.2, -0.15) is 0 Å². The molecule has 160 valence electrons. The molecule has 1 N–H and O–H groups in total. The van der Waals surface area contributed by atoms with Crippen LogP contribution in [0.1, 0.15) is 11.1 Å². The van der Waals surface area contributed by atoms with Crippen molar-refractivity contribution in [2.24, 2.45) is 0 Å². The van der Waals surface area contributed by atoms with E-state index in [2.05, 4.69) is 5.32 Å². The molecule has 0 aromatic heterocycles. The number of nitrogens with one attached hydrogen (secondary N) is 1. The van der Waals surface area contributed by atoms with Gasteiger partial charge in [0, 0.05) is 6.04 Å². The molecule has 1 heterocycles. The zero-order valence-corrected chi connectivity index (χ0v) is 17.4. The Morgan fingerprint density at radius 3 is 2.39 bits per heavy atom. The van der Waals surface area contributed by atoms with E-state index in [0.29, 0.717) is 18.6 Å². The Morgan fingerprint density at radius 2 is 1.61 bits per heavy atom. The molecule has 4 rings (SSSR count). The van der Waals surface area contributed by atoms with E-state index < -0.39 is 0 Å². The topological polar surface area (TPSA) is 66.0 Å². The minimum Gasteiger partial charge on any atom is -0.497 e. The molecule has 0 bridgehead atoms. The summed E-state index contributed by atoms with van der Waals surface area (Å²) in [6.07, 6.45) is 1.33. The van der Waals surface area contributed by atoms with Gasteiger partial charge in [-0.1, -0.05) is 36.4 Å². The molecule has 1 amide bonds. The van der Waals surface area contributed by atoms with Gasteiger partial charge in [0.1, 0.15) is 11.5 Å². The lowest BCUT2D eigenvalue weighted by atomic mass is 9.98. The van der Waals surface area contributed by atoms with E-state index in [1.165, 1.54) is 0 Å². The fourth-order valence-electron chi connectivity index (χ4n) is 3.51. The Bertz CT molecular complexity index is 1000. The summed E-state index contributed by atoms with van der Waals surface area (Å²) in [5.74, 6) is 2.79. The van der Waals surface area contributed by atoms with Gasteiger partial charge in [0.05, 0.1) is 7.11 Å². The molecule has 1 atom stereocenters. The molecule has 0 saturated heterocycles. The van der Waals surface area contributed by atoms with E-state index in [1.807, 2.05) is 72.8 Å². The lowest BCUT2D eigenvalue weighted by Crippen LogP contribution is -2.40. The van der Waals surface area contributed by atoms with Crippen molar-refractivity contribution in [3.8, 4) is 23.0 Å². The molecular weight excluding hydrogens is 394 g/mol. The van der Waals surface area contributed by atoms with E-state index in [4.69, 9.17) is 18.9 Å². The highest BCUT2D eigenvalue weighted by molar-refractivity contribution is 5.78. The van der Waals surface area contributed by atoms with Crippen molar-refractivity contribution in [3.63, 3.8) is 0 Å². The SMILES string of the molecule is COc1ccc(C[C@@H](Cc2ccc3c(c2)OCO3)NC(=O)COc2ccccc2)cc1. The van der Waals surface area contributed by atoms with Crippen LogP contribution in [0, 0.1) is 0 Å². The van der Waals surface area contributed by atoms with Crippen molar-refractivity contribution in [2.45, 2.75) is 18.9 Å². The maximum absolute atomic E-state index is 12.6. The molecule has 1 aliphatic rings.